The lowest BCUT2D eigenvalue weighted by Gasteiger charge is -2.36. The van der Waals surface area contributed by atoms with Gasteiger partial charge in [0.05, 0.1) is 17.6 Å². The van der Waals surface area contributed by atoms with Gasteiger partial charge in [0.15, 0.2) is 0 Å². The number of aromatic nitrogens is 1. The van der Waals surface area contributed by atoms with Crippen molar-refractivity contribution in [2.24, 2.45) is 0 Å². The van der Waals surface area contributed by atoms with Crippen LogP contribution in [0.3, 0.4) is 0 Å². The number of hydrogen-bond donors (Lipinski definition) is 1. The van der Waals surface area contributed by atoms with Gasteiger partial charge in [-0.15, -0.1) is 0 Å². The fourth-order valence-corrected chi connectivity index (χ4v) is 2.22. The van der Waals surface area contributed by atoms with Crippen LogP contribution in [0.5, 0.6) is 0 Å². The van der Waals surface area contributed by atoms with Crippen molar-refractivity contribution in [2.75, 3.05) is 43.4 Å². The zero-order chi connectivity index (χ0) is 11.4. The molecule has 0 bridgehead atoms. The maximum Gasteiger partial charge on any atom is 0.0738 e. The quantitative estimate of drug-likeness (QED) is 0.831. The van der Waals surface area contributed by atoms with Crippen molar-refractivity contribution in [2.45, 2.75) is 13.3 Å². The molecule has 0 radical (unpaired) electrons. The van der Waals surface area contributed by atoms with Crippen LogP contribution in [0.2, 0.25) is 0 Å². The van der Waals surface area contributed by atoms with Crippen molar-refractivity contribution in [3.8, 4) is 0 Å². The Morgan fingerprint density at radius 3 is 2.69 bits per heavy atom. The minimum Gasteiger partial charge on any atom is -0.396 e. The van der Waals surface area contributed by atoms with Crippen LogP contribution in [0, 0.1) is 0 Å². The Labute approximate surface area is 97.1 Å². The van der Waals surface area contributed by atoms with Gasteiger partial charge in [0.2, 0.25) is 0 Å². The highest BCUT2D eigenvalue weighted by atomic mass is 15.3. The Morgan fingerprint density at radius 1 is 1.31 bits per heavy atom. The molecule has 0 spiro atoms. The molecule has 2 rings (SSSR count). The molecular weight excluding hydrogens is 200 g/mol. The molecule has 1 aliphatic rings. The van der Waals surface area contributed by atoms with Gasteiger partial charge in [0, 0.05) is 32.4 Å². The molecule has 2 heterocycles. The minimum atomic E-state index is 0.784. The molecule has 88 valence electrons. The summed E-state index contributed by atoms with van der Waals surface area (Å²) in [5, 5.41) is 0. The van der Waals surface area contributed by atoms with E-state index in [0.29, 0.717) is 0 Å². The van der Waals surface area contributed by atoms with Crippen molar-refractivity contribution in [3.63, 3.8) is 0 Å². The second kappa shape index (κ2) is 5.16. The average molecular weight is 220 g/mol. The van der Waals surface area contributed by atoms with E-state index in [1.165, 1.54) is 13.0 Å². The van der Waals surface area contributed by atoms with Gasteiger partial charge < -0.3 is 10.6 Å². The highest BCUT2D eigenvalue weighted by Gasteiger charge is 2.17. The molecule has 0 amide bonds. The lowest BCUT2D eigenvalue weighted by Crippen LogP contribution is -2.46. The lowest BCUT2D eigenvalue weighted by molar-refractivity contribution is 0.258. The van der Waals surface area contributed by atoms with Gasteiger partial charge in [-0.3, -0.25) is 9.88 Å². The highest BCUT2D eigenvalue weighted by Crippen LogP contribution is 2.22. The van der Waals surface area contributed by atoms with E-state index in [1.54, 1.807) is 6.20 Å². The summed E-state index contributed by atoms with van der Waals surface area (Å²) in [4.78, 5) is 8.88. The van der Waals surface area contributed by atoms with E-state index >= 15 is 0 Å². The third-order valence-corrected chi connectivity index (χ3v) is 3.08. The first-order chi connectivity index (χ1) is 7.81. The summed E-state index contributed by atoms with van der Waals surface area (Å²) in [7, 11) is 0. The number of nitrogen functional groups attached to an aromatic ring is 1. The molecule has 1 fully saturated rings. The van der Waals surface area contributed by atoms with Crippen LogP contribution in [0.4, 0.5) is 11.4 Å². The summed E-state index contributed by atoms with van der Waals surface area (Å²) in [5.74, 6) is 0. The first-order valence-electron chi connectivity index (χ1n) is 5.98. The van der Waals surface area contributed by atoms with E-state index in [1.807, 2.05) is 12.3 Å². The molecule has 2 N–H and O–H groups in total. The first-order valence-corrected chi connectivity index (χ1v) is 5.98. The Morgan fingerprint density at radius 2 is 2.06 bits per heavy atom. The smallest absolute Gasteiger partial charge is 0.0738 e. The zero-order valence-corrected chi connectivity index (χ0v) is 9.89. The molecule has 4 nitrogen and oxygen atoms in total. The third kappa shape index (κ3) is 2.44. The summed E-state index contributed by atoms with van der Waals surface area (Å²) in [6.07, 6.45) is 4.77. The van der Waals surface area contributed by atoms with Crippen LogP contribution < -0.4 is 10.6 Å². The summed E-state index contributed by atoms with van der Waals surface area (Å²) < 4.78 is 0. The fraction of sp³-hybridized carbons (Fsp3) is 0.583. The topological polar surface area (TPSA) is 45.4 Å². The van der Waals surface area contributed by atoms with E-state index in [9.17, 15) is 0 Å². The molecule has 1 aliphatic heterocycles. The molecule has 1 saturated heterocycles. The van der Waals surface area contributed by atoms with Crippen LogP contribution >= 0.6 is 0 Å². The summed E-state index contributed by atoms with van der Waals surface area (Å²) in [6.45, 7) is 7.83. The molecule has 16 heavy (non-hydrogen) atoms. The lowest BCUT2D eigenvalue weighted by atomic mass is 10.2. The Hall–Kier alpha value is -1.29. The number of pyridine rings is 1. The number of nitrogens with two attached hydrogens (primary N) is 1. The fourth-order valence-electron chi connectivity index (χ4n) is 2.22. The molecule has 0 atom stereocenters. The first kappa shape index (κ1) is 11.2. The van der Waals surface area contributed by atoms with E-state index in [0.717, 1.165) is 37.6 Å². The van der Waals surface area contributed by atoms with Gasteiger partial charge in [-0.1, -0.05) is 6.92 Å². The SMILES string of the molecule is CCCN1CCN(c2ccncc2N)CC1. The maximum atomic E-state index is 5.93. The zero-order valence-electron chi connectivity index (χ0n) is 9.89. The van der Waals surface area contributed by atoms with Crippen molar-refractivity contribution in [3.05, 3.63) is 18.5 Å². The van der Waals surface area contributed by atoms with E-state index in [4.69, 9.17) is 5.73 Å². The molecule has 4 heteroatoms. The molecule has 0 unspecified atom stereocenters. The second-order valence-corrected chi connectivity index (χ2v) is 4.26. The van der Waals surface area contributed by atoms with Crippen LogP contribution in [-0.2, 0) is 0 Å². The predicted molar refractivity (Wildman–Crippen MR) is 67.6 cm³/mol. The van der Waals surface area contributed by atoms with Gasteiger partial charge in [0.1, 0.15) is 0 Å². The molecule has 0 aliphatic carbocycles. The third-order valence-electron chi connectivity index (χ3n) is 3.08. The summed E-state index contributed by atoms with van der Waals surface area (Å²) >= 11 is 0. The number of anilines is 2. The van der Waals surface area contributed by atoms with E-state index in [2.05, 4.69) is 21.7 Å². The van der Waals surface area contributed by atoms with E-state index in [-0.39, 0.29) is 0 Å². The minimum absolute atomic E-state index is 0.784. The van der Waals surface area contributed by atoms with Gasteiger partial charge in [-0.2, -0.15) is 0 Å². The number of piperazine rings is 1. The maximum absolute atomic E-state index is 5.93. The van der Waals surface area contributed by atoms with Gasteiger partial charge in [-0.25, -0.2) is 0 Å². The molecule has 1 aromatic heterocycles. The molecule has 1 aromatic rings. The largest absolute Gasteiger partial charge is 0.396 e. The number of hydrogen-bond acceptors (Lipinski definition) is 4. The predicted octanol–water partition coefficient (Wildman–Crippen LogP) is 1.20. The number of rotatable bonds is 3. The van der Waals surface area contributed by atoms with Crippen molar-refractivity contribution in [1.29, 1.82) is 0 Å². The van der Waals surface area contributed by atoms with Crippen molar-refractivity contribution < 1.29 is 0 Å². The van der Waals surface area contributed by atoms with Gasteiger partial charge >= 0.3 is 0 Å². The van der Waals surface area contributed by atoms with Gasteiger partial charge in [0.25, 0.3) is 0 Å². The van der Waals surface area contributed by atoms with Crippen LogP contribution in [0.1, 0.15) is 13.3 Å². The van der Waals surface area contributed by atoms with Crippen molar-refractivity contribution >= 4 is 11.4 Å². The Bertz CT molecular complexity index is 332. The summed E-state index contributed by atoms with van der Waals surface area (Å²) in [6, 6.07) is 2.00. The molecule has 0 saturated carbocycles. The standard InChI is InChI=1S/C12H20N4/c1-2-5-15-6-8-16(9-7-15)12-3-4-14-10-11(12)13/h3-4,10H,2,5-9,13H2,1H3. The average Bonchev–Trinajstić information content (AvgIpc) is 2.31. The highest BCUT2D eigenvalue weighted by molar-refractivity contribution is 5.66. The van der Waals surface area contributed by atoms with Gasteiger partial charge in [-0.05, 0) is 19.0 Å². The number of nitrogens with zero attached hydrogens (tertiary/aromatic N) is 3. The second-order valence-electron chi connectivity index (χ2n) is 4.26. The Kier molecular flexibility index (Phi) is 3.62. The molecular formula is C12H20N4. The van der Waals surface area contributed by atoms with Crippen molar-refractivity contribution in [1.82, 2.24) is 9.88 Å². The van der Waals surface area contributed by atoms with Crippen LogP contribution in [0.15, 0.2) is 18.5 Å². The summed E-state index contributed by atoms with van der Waals surface area (Å²) in [5.41, 5.74) is 7.84. The normalized spacial score (nSPS) is 17.7. The Balaban J connectivity index is 1.96. The molecule has 0 aromatic carbocycles. The monoisotopic (exact) mass is 220 g/mol. The van der Waals surface area contributed by atoms with E-state index < -0.39 is 0 Å². The van der Waals surface area contributed by atoms with Crippen LogP contribution in [0.25, 0.3) is 0 Å². The van der Waals surface area contributed by atoms with Crippen LogP contribution in [-0.4, -0.2) is 42.6 Å².